The van der Waals surface area contributed by atoms with Crippen molar-refractivity contribution in [1.29, 1.82) is 0 Å². The van der Waals surface area contributed by atoms with E-state index in [9.17, 15) is 9.59 Å². The van der Waals surface area contributed by atoms with Crippen LogP contribution < -0.4 is 5.32 Å². The van der Waals surface area contributed by atoms with Crippen LogP contribution in [0.1, 0.15) is 20.3 Å². The molecular weight excluding hydrogens is 262 g/mol. The zero-order chi connectivity index (χ0) is 15.1. The van der Waals surface area contributed by atoms with Gasteiger partial charge in [0.1, 0.15) is 6.04 Å². The summed E-state index contributed by atoms with van der Waals surface area (Å²) in [5, 5.41) is 20.6. The van der Waals surface area contributed by atoms with Crippen LogP contribution in [0.15, 0.2) is 0 Å². The van der Waals surface area contributed by atoms with Crippen molar-refractivity contribution < 1.29 is 19.8 Å². The van der Waals surface area contributed by atoms with Gasteiger partial charge in [-0.15, -0.1) is 0 Å². The minimum absolute atomic E-state index is 0.113. The van der Waals surface area contributed by atoms with E-state index in [0.29, 0.717) is 39.1 Å². The third-order valence-corrected chi connectivity index (χ3v) is 3.38. The maximum Gasteiger partial charge on any atom is 0.326 e. The van der Waals surface area contributed by atoms with Crippen LogP contribution in [0.2, 0.25) is 0 Å². The fourth-order valence-corrected chi connectivity index (χ4v) is 2.25. The molecule has 1 heterocycles. The van der Waals surface area contributed by atoms with Gasteiger partial charge in [-0.05, 0) is 12.3 Å². The zero-order valence-electron chi connectivity index (χ0n) is 12.2. The molecule has 7 nitrogen and oxygen atoms in total. The lowest BCUT2D eigenvalue weighted by Gasteiger charge is -2.35. The molecule has 3 N–H and O–H groups in total. The molecule has 1 atom stereocenters. The number of nitrogens with zero attached hydrogens (tertiary/aromatic N) is 2. The van der Waals surface area contributed by atoms with Crippen LogP contribution in [-0.2, 0) is 4.79 Å². The Balaban J connectivity index is 2.43. The van der Waals surface area contributed by atoms with Gasteiger partial charge in [0.05, 0.1) is 6.61 Å². The second-order valence-corrected chi connectivity index (χ2v) is 5.52. The number of carboxylic acid groups (broad SMARTS) is 1. The lowest BCUT2D eigenvalue weighted by molar-refractivity contribution is -0.139. The Morgan fingerprint density at radius 1 is 1.20 bits per heavy atom. The van der Waals surface area contributed by atoms with Gasteiger partial charge < -0.3 is 20.4 Å². The number of hydrogen-bond acceptors (Lipinski definition) is 4. The minimum atomic E-state index is -0.994. The van der Waals surface area contributed by atoms with E-state index in [1.54, 1.807) is 4.90 Å². The average molecular weight is 287 g/mol. The number of hydrogen-bond donors (Lipinski definition) is 3. The fraction of sp³-hybridized carbons (Fsp3) is 0.846. The lowest BCUT2D eigenvalue weighted by atomic mass is 10.0. The number of carboxylic acids is 1. The number of aliphatic hydroxyl groups is 1. The fourth-order valence-electron chi connectivity index (χ4n) is 2.25. The first-order chi connectivity index (χ1) is 9.43. The van der Waals surface area contributed by atoms with E-state index in [1.807, 2.05) is 13.8 Å². The summed E-state index contributed by atoms with van der Waals surface area (Å²) in [5.41, 5.74) is 0. The topological polar surface area (TPSA) is 93.1 Å². The maximum atomic E-state index is 12.0. The molecule has 1 aliphatic rings. The van der Waals surface area contributed by atoms with Crippen LogP contribution >= 0.6 is 0 Å². The molecule has 0 spiro atoms. The van der Waals surface area contributed by atoms with Gasteiger partial charge in [-0.25, -0.2) is 9.59 Å². The Morgan fingerprint density at radius 2 is 1.80 bits per heavy atom. The summed E-state index contributed by atoms with van der Waals surface area (Å²) in [4.78, 5) is 26.9. The highest BCUT2D eigenvalue weighted by Crippen LogP contribution is 2.07. The van der Waals surface area contributed by atoms with Crippen molar-refractivity contribution in [3.05, 3.63) is 0 Å². The second-order valence-electron chi connectivity index (χ2n) is 5.52. The molecule has 0 radical (unpaired) electrons. The third kappa shape index (κ3) is 5.34. The molecule has 0 aromatic heterocycles. The van der Waals surface area contributed by atoms with Crippen molar-refractivity contribution in [2.45, 2.75) is 26.3 Å². The van der Waals surface area contributed by atoms with Crippen molar-refractivity contribution in [1.82, 2.24) is 15.1 Å². The van der Waals surface area contributed by atoms with Crippen LogP contribution in [0.3, 0.4) is 0 Å². The first kappa shape index (κ1) is 16.7. The van der Waals surface area contributed by atoms with E-state index >= 15 is 0 Å². The maximum absolute atomic E-state index is 12.0. The Bertz CT molecular complexity index is 328. The molecule has 1 rings (SSSR count). The number of carbonyl (C=O) groups excluding carboxylic acids is 1. The van der Waals surface area contributed by atoms with Crippen LogP contribution in [0.25, 0.3) is 0 Å². The number of urea groups is 1. The van der Waals surface area contributed by atoms with Crippen LogP contribution in [0.5, 0.6) is 0 Å². The van der Waals surface area contributed by atoms with Gasteiger partial charge in [-0.3, -0.25) is 4.90 Å². The number of β-amino-alcohol motifs (C(OH)–C–C–N with tert-alkyl or cyclic N) is 1. The highest BCUT2D eigenvalue weighted by atomic mass is 16.4. The van der Waals surface area contributed by atoms with Crippen LogP contribution in [0.4, 0.5) is 4.79 Å². The van der Waals surface area contributed by atoms with Gasteiger partial charge >= 0.3 is 12.0 Å². The SMILES string of the molecule is CC(C)CC(NC(=O)N1CCN(CCO)CC1)C(=O)O. The molecule has 2 amide bonds. The quantitative estimate of drug-likeness (QED) is 0.629. The highest BCUT2D eigenvalue weighted by molar-refractivity contribution is 5.82. The number of amides is 2. The molecule has 1 fully saturated rings. The molecule has 116 valence electrons. The molecule has 20 heavy (non-hydrogen) atoms. The number of piperazine rings is 1. The largest absolute Gasteiger partial charge is 0.480 e. The number of aliphatic carboxylic acids is 1. The molecule has 0 saturated carbocycles. The summed E-state index contributed by atoms with van der Waals surface area (Å²) in [6.07, 6.45) is 0.422. The molecule has 7 heteroatoms. The minimum Gasteiger partial charge on any atom is -0.480 e. The normalized spacial score (nSPS) is 18.1. The Kier molecular flexibility index (Phi) is 6.74. The zero-order valence-corrected chi connectivity index (χ0v) is 12.2. The predicted octanol–water partition coefficient (Wildman–Crippen LogP) is -0.195. The first-order valence-corrected chi connectivity index (χ1v) is 7.05. The van der Waals surface area contributed by atoms with Gasteiger partial charge in [-0.2, -0.15) is 0 Å². The summed E-state index contributed by atoms with van der Waals surface area (Å²) in [5.74, 6) is -0.788. The second kappa shape index (κ2) is 8.06. The Hall–Kier alpha value is -1.34. The summed E-state index contributed by atoms with van der Waals surface area (Å²) in [6, 6.07) is -1.15. The monoisotopic (exact) mass is 287 g/mol. The molecule has 0 bridgehead atoms. The van der Waals surface area contributed by atoms with Crippen molar-refractivity contribution in [3.63, 3.8) is 0 Å². The molecule has 0 aromatic carbocycles. The number of nitrogens with one attached hydrogen (secondary N) is 1. The summed E-state index contributed by atoms with van der Waals surface area (Å²) in [6.45, 7) is 7.10. The van der Waals surface area contributed by atoms with E-state index < -0.39 is 12.0 Å². The molecule has 1 saturated heterocycles. The Labute approximate surface area is 119 Å². The summed E-state index contributed by atoms with van der Waals surface area (Å²) < 4.78 is 0. The van der Waals surface area contributed by atoms with Gasteiger partial charge in [0.2, 0.25) is 0 Å². The van der Waals surface area contributed by atoms with Gasteiger partial charge in [0.15, 0.2) is 0 Å². The van der Waals surface area contributed by atoms with Gasteiger partial charge in [0, 0.05) is 32.7 Å². The first-order valence-electron chi connectivity index (χ1n) is 7.05. The highest BCUT2D eigenvalue weighted by Gasteiger charge is 2.26. The summed E-state index contributed by atoms with van der Waals surface area (Å²) >= 11 is 0. The van der Waals surface area contributed by atoms with E-state index in [4.69, 9.17) is 10.2 Å². The predicted molar refractivity (Wildman–Crippen MR) is 74.5 cm³/mol. The number of rotatable bonds is 6. The number of aliphatic hydroxyl groups excluding tert-OH is 1. The van der Waals surface area contributed by atoms with Crippen LogP contribution in [0, 0.1) is 5.92 Å². The molecule has 1 unspecified atom stereocenters. The number of carbonyl (C=O) groups is 2. The van der Waals surface area contributed by atoms with Gasteiger partial charge in [-0.1, -0.05) is 13.8 Å². The molecular formula is C13H25N3O4. The lowest BCUT2D eigenvalue weighted by Crippen LogP contribution is -2.55. The standard InChI is InChI=1S/C13H25N3O4/c1-10(2)9-11(12(18)19)14-13(20)16-5-3-15(4-6-16)7-8-17/h10-11,17H,3-9H2,1-2H3,(H,14,20)(H,18,19). The van der Waals surface area contributed by atoms with E-state index in [1.165, 1.54) is 0 Å². The van der Waals surface area contributed by atoms with Gasteiger partial charge in [0.25, 0.3) is 0 Å². The smallest absolute Gasteiger partial charge is 0.326 e. The van der Waals surface area contributed by atoms with E-state index in [-0.39, 0.29) is 18.6 Å². The average Bonchev–Trinajstić information content (AvgIpc) is 2.38. The molecule has 0 aromatic rings. The van der Waals surface area contributed by atoms with Crippen molar-refractivity contribution in [3.8, 4) is 0 Å². The van der Waals surface area contributed by atoms with E-state index in [0.717, 1.165) is 0 Å². The molecule has 1 aliphatic heterocycles. The van der Waals surface area contributed by atoms with Crippen molar-refractivity contribution in [2.75, 3.05) is 39.3 Å². The molecule has 0 aliphatic carbocycles. The third-order valence-electron chi connectivity index (χ3n) is 3.38. The van der Waals surface area contributed by atoms with Crippen molar-refractivity contribution >= 4 is 12.0 Å². The van der Waals surface area contributed by atoms with Crippen molar-refractivity contribution in [2.24, 2.45) is 5.92 Å². The van der Waals surface area contributed by atoms with Crippen LogP contribution in [-0.4, -0.2) is 77.4 Å². The summed E-state index contributed by atoms with van der Waals surface area (Å²) in [7, 11) is 0. The van der Waals surface area contributed by atoms with E-state index in [2.05, 4.69) is 10.2 Å². The Morgan fingerprint density at radius 3 is 2.25 bits per heavy atom.